The van der Waals surface area contributed by atoms with Crippen LogP contribution in [0.15, 0.2) is 66.7 Å². The van der Waals surface area contributed by atoms with E-state index in [1.807, 2.05) is 0 Å². The zero-order valence-corrected chi connectivity index (χ0v) is 15.2. The normalized spacial score (nSPS) is 10.0. The van der Waals surface area contributed by atoms with E-state index >= 15 is 0 Å². The van der Waals surface area contributed by atoms with Crippen molar-refractivity contribution in [2.24, 2.45) is 0 Å². The Hall–Kier alpha value is -3.82. The van der Waals surface area contributed by atoms with Gasteiger partial charge in [0.1, 0.15) is 5.75 Å². The smallest absolute Gasteiger partial charge is 0.273 e. The quantitative estimate of drug-likeness (QED) is 0.593. The Morgan fingerprint density at radius 3 is 2.18 bits per heavy atom. The summed E-state index contributed by atoms with van der Waals surface area (Å²) in [6, 6.07) is 19.8. The summed E-state index contributed by atoms with van der Waals surface area (Å²) in [5.74, 6) is -1.55. The van der Waals surface area contributed by atoms with Crippen LogP contribution in [0.3, 0.4) is 0 Å². The van der Waals surface area contributed by atoms with Crippen molar-refractivity contribution in [2.75, 3.05) is 0 Å². The standard InChI is InChI=1S/C21H14ClN3O3/c22-14-9-10-19(26)18(11-14)21(28)25-24-20(27)17-8-4-3-7-16(17)15-6-2-1-5-13(15)12-23/h1-11,26H,(H,24,27)(H,25,28). The molecule has 0 atom stereocenters. The molecule has 0 heterocycles. The zero-order valence-electron chi connectivity index (χ0n) is 14.4. The average Bonchev–Trinajstić information content (AvgIpc) is 2.73. The number of phenols is 1. The Kier molecular flexibility index (Phi) is 5.58. The number of amides is 2. The number of hydrogen-bond acceptors (Lipinski definition) is 4. The molecular formula is C21H14ClN3O3. The second kappa shape index (κ2) is 8.25. The van der Waals surface area contributed by atoms with E-state index in [0.717, 1.165) is 0 Å². The van der Waals surface area contributed by atoms with Gasteiger partial charge in [0.25, 0.3) is 11.8 Å². The third-order valence-electron chi connectivity index (χ3n) is 4.00. The number of aromatic hydroxyl groups is 1. The van der Waals surface area contributed by atoms with Crippen molar-refractivity contribution in [1.29, 1.82) is 5.26 Å². The fourth-order valence-electron chi connectivity index (χ4n) is 2.67. The summed E-state index contributed by atoms with van der Waals surface area (Å²) in [6.07, 6.45) is 0. The van der Waals surface area contributed by atoms with Crippen LogP contribution in [-0.4, -0.2) is 16.9 Å². The maximum absolute atomic E-state index is 12.6. The molecule has 0 aliphatic rings. The fraction of sp³-hybridized carbons (Fsp3) is 0. The average molecular weight is 392 g/mol. The Balaban J connectivity index is 1.84. The summed E-state index contributed by atoms with van der Waals surface area (Å²) in [4.78, 5) is 24.9. The van der Waals surface area contributed by atoms with E-state index in [9.17, 15) is 20.0 Å². The molecule has 0 saturated carbocycles. The number of nitrogens with zero attached hydrogens (tertiary/aromatic N) is 1. The first-order valence-electron chi connectivity index (χ1n) is 8.19. The molecule has 6 nitrogen and oxygen atoms in total. The topological polar surface area (TPSA) is 102 Å². The van der Waals surface area contributed by atoms with Crippen LogP contribution in [0, 0.1) is 11.3 Å². The summed E-state index contributed by atoms with van der Waals surface area (Å²) >= 11 is 5.83. The summed E-state index contributed by atoms with van der Waals surface area (Å²) in [6.45, 7) is 0. The molecule has 3 aromatic rings. The molecule has 0 aliphatic heterocycles. The van der Waals surface area contributed by atoms with E-state index in [2.05, 4.69) is 16.9 Å². The second-order valence-corrected chi connectivity index (χ2v) is 6.21. The van der Waals surface area contributed by atoms with E-state index in [-0.39, 0.29) is 21.9 Å². The van der Waals surface area contributed by atoms with Gasteiger partial charge in [0, 0.05) is 16.1 Å². The third-order valence-corrected chi connectivity index (χ3v) is 4.24. The first kappa shape index (κ1) is 19.0. The van der Waals surface area contributed by atoms with Crippen LogP contribution < -0.4 is 10.9 Å². The first-order chi connectivity index (χ1) is 13.5. The van der Waals surface area contributed by atoms with Crippen LogP contribution in [0.2, 0.25) is 5.02 Å². The molecule has 28 heavy (non-hydrogen) atoms. The van der Waals surface area contributed by atoms with E-state index in [1.165, 1.54) is 18.2 Å². The molecule has 3 N–H and O–H groups in total. The molecule has 0 aromatic heterocycles. The number of carbonyl (C=O) groups excluding carboxylic acids is 2. The number of benzene rings is 3. The largest absolute Gasteiger partial charge is 0.507 e. The van der Waals surface area contributed by atoms with Gasteiger partial charge in [-0.3, -0.25) is 20.4 Å². The highest BCUT2D eigenvalue weighted by Gasteiger charge is 2.17. The van der Waals surface area contributed by atoms with Crippen LogP contribution in [0.25, 0.3) is 11.1 Å². The Morgan fingerprint density at radius 1 is 0.857 bits per heavy atom. The summed E-state index contributed by atoms with van der Waals surface area (Å²) < 4.78 is 0. The fourth-order valence-corrected chi connectivity index (χ4v) is 2.84. The molecule has 0 unspecified atom stereocenters. The van der Waals surface area contributed by atoms with Crippen LogP contribution in [-0.2, 0) is 0 Å². The number of carbonyl (C=O) groups is 2. The van der Waals surface area contributed by atoms with E-state index in [4.69, 9.17) is 11.6 Å². The third kappa shape index (κ3) is 3.95. The molecule has 7 heteroatoms. The summed E-state index contributed by atoms with van der Waals surface area (Å²) in [5, 5.41) is 19.4. The highest BCUT2D eigenvalue weighted by atomic mass is 35.5. The van der Waals surface area contributed by atoms with Gasteiger partial charge in [0.05, 0.1) is 17.2 Å². The second-order valence-electron chi connectivity index (χ2n) is 5.77. The van der Waals surface area contributed by atoms with Crippen molar-refractivity contribution >= 4 is 23.4 Å². The lowest BCUT2D eigenvalue weighted by molar-refractivity contribution is 0.0845. The predicted molar refractivity (Wildman–Crippen MR) is 105 cm³/mol. The van der Waals surface area contributed by atoms with Gasteiger partial charge >= 0.3 is 0 Å². The number of nitrogens with one attached hydrogen (secondary N) is 2. The maximum atomic E-state index is 12.6. The van der Waals surface area contributed by atoms with E-state index in [0.29, 0.717) is 16.7 Å². The Labute approximate surface area is 166 Å². The van der Waals surface area contributed by atoms with Gasteiger partial charge in [-0.25, -0.2) is 0 Å². The van der Waals surface area contributed by atoms with Crippen molar-refractivity contribution in [3.8, 4) is 22.9 Å². The minimum Gasteiger partial charge on any atom is -0.507 e. The van der Waals surface area contributed by atoms with Crippen molar-refractivity contribution < 1.29 is 14.7 Å². The van der Waals surface area contributed by atoms with Gasteiger partial charge in [0.2, 0.25) is 0 Å². The summed E-state index contributed by atoms with van der Waals surface area (Å²) in [7, 11) is 0. The van der Waals surface area contributed by atoms with Crippen LogP contribution in [0.5, 0.6) is 5.75 Å². The number of nitriles is 1. The van der Waals surface area contributed by atoms with E-state index in [1.54, 1.807) is 48.5 Å². The number of hydrogen-bond donors (Lipinski definition) is 3. The van der Waals surface area contributed by atoms with E-state index < -0.39 is 11.8 Å². The molecule has 0 spiro atoms. The monoisotopic (exact) mass is 391 g/mol. The van der Waals surface area contributed by atoms with Crippen LogP contribution in [0.1, 0.15) is 26.3 Å². The van der Waals surface area contributed by atoms with Gasteiger partial charge in [-0.2, -0.15) is 5.26 Å². The van der Waals surface area contributed by atoms with Crippen molar-refractivity contribution in [1.82, 2.24) is 10.9 Å². The van der Waals surface area contributed by atoms with Crippen LogP contribution >= 0.6 is 11.6 Å². The number of phenolic OH excluding ortho intramolecular Hbond substituents is 1. The first-order valence-corrected chi connectivity index (χ1v) is 8.57. The lowest BCUT2D eigenvalue weighted by Gasteiger charge is -2.12. The van der Waals surface area contributed by atoms with Crippen molar-refractivity contribution in [3.05, 3.63) is 88.4 Å². The molecule has 0 bridgehead atoms. The molecule has 2 amide bonds. The minimum absolute atomic E-state index is 0.0732. The van der Waals surface area contributed by atoms with Gasteiger partial charge < -0.3 is 5.11 Å². The molecule has 3 rings (SSSR count). The zero-order chi connectivity index (χ0) is 20.1. The Bertz CT molecular complexity index is 1110. The predicted octanol–water partition coefficient (Wildman–Crippen LogP) is 3.66. The molecule has 0 aliphatic carbocycles. The van der Waals surface area contributed by atoms with Gasteiger partial charge in [0.15, 0.2) is 0 Å². The molecule has 0 fully saturated rings. The number of hydrazine groups is 1. The molecule has 138 valence electrons. The van der Waals surface area contributed by atoms with Crippen LogP contribution in [0.4, 0.5) is 0 Å². The molecule has 3 aromatic carbocycles. The summed E-state index contributed by atoms with van der Waals surface area (Å²) in [5.41, 5.74) is 6.36. The highest BCUT2D eigenvalue weighted by Crippen LogP contribution is 2.27. The highest BCUT2D eigenvalue weighted by molar-refractivity contribution is 6.31. The Morgan fingerprint density at radius 2 is 1.46 bits per heavy atom. The molecule has 0 saturated heterocycles. The number of rotatable bonds is 3. The minimum atomic E-state index is -0.719. The SMILES string of the molecule is N#Cc1ccccc1-c1ccccc1C(=O)NNC(=O)c1cc(Cl)ccc1O. The van der Waals surface area contributed by atoms with Gasteiger partial charge in [-0.15, -0.1) is 0 Å². The van der Waals surface area contributed by atoms with Gasteiger partial charge in [-0.1, -0.05) is 48.0 Å². The van der Waals surface area contributed by atoms with Crippen molar-refractivity contribution in [2.45, 2.75) is 0 Å². The lowest BCUT2D eigenvalue weighted by atomic mass is 9.95. The molecule has 0 radical (unpaired) electrons. The van der Waals surface area contributed by atoms with Crippen molar-refractivity contribution in [3.63, 3.8) is 0 Å². The van der Waals surface area contributed by atoms with Gasteiger partial charge in [-0.05, 0) is 35.9 Å². The molecular weight excluding hydrogens is 378 g/mol. The number of halogens is 1. The maximum Gasteiger partial charge on any atom is 0.273 e. The lowest BCUT2D eigenvalue weighted by Crippen LogP contribution is -2.41.